The maximum atomic E-state index is 2.88. The predicted octanol–water partition coefficient (Wildman–Crippen LogP) is 5.18. The van der Waals surface area contributed by atoms with Crippen molar-refractivity contribution < 1.29 is 0 Å². The standard InChI is InChI=1S/C29H56N4/c1-28(2,3)25-9-15-30(16-10-25)23-24-7-17-31(18-8-24)26-11-19-32(20-12-26)27-13-21-33(22-14-27)29(4,5)6/h24-27H,7-23H2,1-6H3. The second-order valence-electron chi connectivity index (χ2n) is 14.1. The van der Waals surface area contributed by atoms with Gasteiger partial charge in [0.25, 0.3) is 0 Å². The lowest BCUT2D eigenvalue weighted by Crippen LogP contribution is -2.54. The number of piperidine rings is 4. The Bertz CT molecular complexity index is 574. The van der Waals surface area contributed by atoms with E-state index in [-0.39, 0.29) is 0 Å². The van der Waals surface area contributed by atoms with E-state index in [2.05, 4.69) is 61.1 Å². The molecule has 4 rings (SSSR count). The van der Waals surface area contributed by atoms with E-state index in [9.17, 15) is 0 Å². The van der Waals surface area contributed by atoms with Crippen molar-refractivity contribution in [3.05, 3.63) is 0 Å². The summed E-state index contributed by atoms with van der Waals surface area (Å²) in [6.45, 7) is 26.4. The molecule has 0 amide bonds. The van der Waals surface area contributed by atoms with E-state index in [0.29, 0.717) is 11.0 Å². The molecule has 4 heterocycles. The average Bonchev–Trinajstić information content (AvgIpc) is 2.79. The van der Waals surface area contributed by atoms with E-state index in [0.717, 1.165) is 23.9 Å². The van der Waals surface area contributed by atoms with Gasteiger partial charge in [0.05, 0.1) is 0 Å². The van der Waals surface area contributed by atoms with Gasteiger partial charge in [-0.25, -0.2) is 0 Å². The van der Waals surface area contributed by atoms with Crippen LogP contribution in [-0.4, -0.2) is 96.1 Å². The van der Waals surface area contributed by atoms with Crippen molar-refractivity contribution in [2.45, 2.75) is 111 Å². The maximum Gasteiger partial charge on any atom is 0.0125 e. The molecule has 0 bridgehead atoms. The van der Waals surface area contributed by atoms with Gasteiger partial charge in [0.15, 0.2) is 0 Å². The fourth-order valence-electron chi connectivity index (χ4n) is 7.37. The number of rotatable bonds is 4. The van der Waals surface area contributed by atoms with Crippen molar-refractivity contribution in [1.29, 1.82) is 0 Å². The van der Waals surface area contributed by atoms with Crippen LogP contribution in [0.1, 0.15) is 92.9 Å². The van der Waals surface area contributed by atoms with Crippen molar-refractivity contribution in [2.24, 2.45) is 17.3 Å². The van der Waals surface area contributed by atoms with Crippen molar-refractivity contribution in [1.82, 2.24) is 19.6 Å². The van der Waals surface area contributed by atoms with Gasteiger partial charge in [0.2, 0.25) is 0 Å². The van der Waals surface area contributed by atoms with Crippen LogP contribution in [-0.2, 0) is 0 Å². The van der Waals surface area contributed by atoms with Gasteiger partial charge in [-0.05, 0) is 129 Å². The molecule has 33 heavy (non-hydrogen) atoms. The van der Waals surface area contributed by atoms with Crippen LogP contribution in [0.15, 0.2) is 0 Å². The van der Waals surface area contributed by atoms with Gasteiger partial charge >= 0.3 is 0 Å². The Balaban J connectivity index is 1.12. The SMILES string of the molecule is CC(C)(C)C1CCN(CC2CCN(C3CCN(C4CCN(C(C)(C)C)CC4)CC3)CC2)CC1. The summed E-state index contributed by atoms with van der Waals surface area (Å²) in [5.74, 6) is 1.87. The second kappa shape index (κ2) is 10.8. The third-order valence-corrected chi connectivity index (χ3v) is 9.92. The summed E-state index contributed by atoms with van der Waals surface area (Å²) >= 11 is 0. The molecule has 4 nitrogen and oxygen atoms in total. The summed E-state index contributed by atoms with van der Waals surface area (Å²) in [6, 6.07) is 1.71. The highest BCUT2D eigenvalue weighted by atomic mass is 15.3. The van der Waals surface area contributed by atoms with Gasteiger partial charge in [-0.1, -0.05) is 20.8 Å². The van der Waals surface area contributed by atoms with Gasteiger partial charge in [0.1, 0.15) is 0 Å². The highest BCUT2D eigenvalue weighted by molar-refractivity contribution is 4.90. The van der Waals surface area contributed by atoms with Gasteiger partial charge in [0, 0.05) is 37.3 Å². The number of likely N-dealkylation sites (tertiary alicyclic amines) is 4. The van der Waals surface area contributed by atoms with Crippen LogP contribution in [0, 0.1) is 17.3 Å². The van der Waals surface area contributed by atoms with Crippen molar-refractivity contribution in [3.8, 4) is 0 Å². The Labute approximate surface area is 206 Å². The zero-order chi connectivity index (χ0) is 23.6. The van der Waals surface area contributed by atoms with Gasteiger partial charge in [-0.2, -0.15) is 0 Å². The van der Waals surface area contributed by atoms with Crippen molar-refractivity contribution in [3.63, 3.8) is 0 Å². The smallest absolute Gasteiger partial charge is 0.0125 e. The van der Waals surface area contributed by atoms with Gasteiger partial charge < -0.3 is 14.7 Å². The first-order valence-electron chi connectivity index (χ1n) is 14.5. The monoisotopic (exact) mass is 460 g/mol. The summed E-state index contributed by atoms with van der Waals surface area (Å²) in [7, 11) is 0. The van der Waals surface area contributed by atoms with E-state index < -0.39 is 0 Å². The summed E-state index contributed by atoms with van der Waals surface area (Å²) in [5, 5.41) is 0. The van der Waals surface area contributed by atoms with Crippen LogP contribution in [0.4, 0.5) is 0 Å². The van der Waals surface area contributed by atoms with Crippen LogP contribution in [0.3, 0.4) is 0 Å². The number of hydrogen-bond donors (Lipinski definition) is 0. The number of hydrogen-bond acceptors (Lipinski definition) is 4. The van der Waals surface area contributed by atoms with E-state index in [1.54, 1.807) is 0 Å². The number of nitrogens with zero attached hydrogens (tertiary/aromatic N) is 4. The summed E-state index contributed by atoms with van der Waals surface area (Å²) in [6.07, 6.45) is 11.3. The molecule has 0 aromatic carbocycles. The molecule has 4 aliphatic heterocycles. The maximum absolute atomic E-state index is 2.88. The second-order valence-corrected chi connectivity index (χ2v) is 14.1. The lowest BCUT2D eigenvalue weighted by molar-refractivity contribution is 0.0214. The molecule has 4 heteroatoms. The summed E-state index contributed by atoms with van der Waals surface area (Å²) in [5.41, 5.74) is 0.837. The van der Waals surface area contributed by atoms with Crippen LogP contribution in [0.2, 0.25) is 0 Å². The quantitative estimate of drug-likeness (QED) is 0.573. The molecule has 4 fully saturated rings. The predicted molar refractivity (Wildman–Crippen MR) is 142 cm³/mol. The molecule has 0 atom stereocenters. The van der Waals surface area contributed by atoms with Crippen LogP contribution in [0.25, 0.3) is 0 Å². The van der Waals surface area contributed by atoms with E-state index in [1.165, 1.54) is 110 Å². The van der Waals surface area contributed by atoms with Crippen LogP contribution < -0.4 is 0 Å². The van der Waals surface area contributed by atoms with Gasteiger partial charge in [-0.3, -0.25) is 4.90 Å². The molecule has 4 aliphatic rings. The van der Waals surface area contributed by atoms with E-state index in [4.69, 9.17) is 0 Å². The first kappa shape index (κ1) is 25.9. The Hall–Kier alpha value is -0.160. The Morgan fingerprint density at radius 2 is 1.00 bits per heavy atom. The third kappa shape index (κ3) is 6.96. The van der Waals surface area contributed by atoms with Crippen molar-refractivity contribution >= 4 is 0 Å². The minimum atomic E-state index is 0.340. The molecular weight excluding hydrogens is 404 g/mol. The van der Waals surface area contributed by atoms with Crippen LogP contribution >= 0.6 is 0 Å². The van der Waals surface area contributed by atoms with Crippen molar-refractivity contribution in [2.75, 3.05) is 58.9 Å². The Kier molecular flexibility index (Phi) is 8.52. The molecule has 192 valence electrons. The first-order chi connectivity index (χ1) is 15.6. The average molecular weight is 461 g/mol. The molecular formula is C29H56N4. The third-order valence-electron chi connectivity index (χ3n) is 9.92. The zero-order valence-electron chi connectivity index (χ0n) is 23.1. The fourth-order valence-corrected chi connectivity index (χ4v) is 7.37. The molecule has 0 aromatic rings. The van der Waals surface area contributed by atoms with E-state index in [1.807, 2.05) is 0 Å². The Morgan fingerprint density at radius 3 is 1.45 bits per heavy atom. The largest absolute Gasteiger partial charge is 0.303 e. The molecule has 0 aliphatic carbocycles. The summed E-state index contributed by atoms with van der Waals surface area (Å²) in [4.78, 5) is 11.2. The topological polar surface area (TPSA) is 13.0 Å². The molecule has 0 saturated carbocycles. The lowest BCUT2D eigenvalue weighted by atomic mass is 9.75. The molecule has 0 radical (unpaired) electrons. The van der Waals surface area contributed by atoms with Gasteiger partial charge in [-0.15, -0.1) is 0 Å². The first-order valence-corrected chi connectivity index (χ1v) is 14.5. The normalized spacial score (nSPS) is 28.5. The molecule has 0 N–H and O–H groups in total. The molecule has 0 unspecified atom stereocenters. The zero-order valence-corrected chi connectivity index (χ0v) is 23.1. The molecule has 0 aromatic heterocycles. The Morgan fingerprint density at radius 1 is 0.545 bits per heavy atom. The summed E-state index contributed by atoms with van der Waals surface area (Å²) < 4.78 is 0. The molecule has 4 saturated heterocycles. The fraction of sp³-hybridized carbons (Fsp3) is 1.00. The highest BCUT2D eigenvalue weighted by Gasteiger charge is 2.34. The minimum absolute atomic E-state index is 0.340. The molecule has 0 spiro atoms. The van der Waals surface area contributed by atoms with Crippen LogP contribution in [0.5, 0.6) is 0 Å². The highest BCUT2D eigenvalue weighted by Crippen LogP contribution is 2.35. The lowest BCUT2D eigenvalue weighted by Gasteiger charge is -2.47. The minimum Gasteiger partial charge on any atom is -0.303 e. The van der Waals surface area contributed by atoms with E-state index >= 15 is 0 Å².